The smallest absolute Gasteiger partial charge is 0.314 e. The largest absolute Gasteiger partial charge is 0.480 e. The number of pyridine rings is 1. The van der Waals surface area contributed by atoms with Crippen molar-refractivity contribution in [2.45, 2.75) is 32.8 Å². The Morgan fingerprint density at radius 1 is 1.32 bits per heavy atom. The van der Waals surface area contributed by atoms with Crippen LogP contribution in [0.2, 0.25) is 0 Å². The summed E-state index contributed by atoms with van der Waals surface area (Å²) in [4.78, 5) is 28.7. The minimum atomic E-state index is -0.600. The molecule has 5 nitrogen and oxygen atoms in total. The average Bonchev–Trinajstić information content (AvgIpc) is 2.77. The molecule has 0 aromatic carbocycles. The van der Waals surface area contributed by atoms with Crippen LogP contribution in [0.25, 0.3) is 10.2 Å². The van der Waals surface area contributed by atoms with Crippen LogP contribution in [0.4, 0.5) is 0 Å². The molecule has 0 fully saturated rings. The molecule has 7 heteroatoms. The molecule has 0 atom stereocenters. The molecule has 0 radical (unpaired) electrons. The molecule has 0 aliphatic carbocycles. The van der Waals surface area contributed by atoms with Crippen molar-refractivity contribution in [1.82, 2.24) is 4.98 Å². The number of hydrogen-bond acceptors (Lipinski definition) is 6. The van der Waals surface area contributed by atoms with Crippen molar-refractivity contribution in [2.24, 2.45) is 0 Å². The van der Waals surface area contributed by atoms with Gasteiger partial charge in [-0.2, -0.15) is 0 Å². The van der Waals surface area contributed by atoms with E-state index in [4.69, 9.17) is 9.47 Å². The number of hydrogen-bond donors (Lipinski definition) is 0. The van der Waals surface area contributed by atoms with Crippen molar-refractivity contribution in [3.63, 3.8) is 0 Å². The Morgan fingerprint density at radius 3 is 2.59 bits per heavy atom. The van der Waals surface area contributed by atoms with Crippen molar-refractivity contribution < 1.29 is 19.1 Å². The number of carbonyl (C=O) groups is 2. The van der Waals surface area contributed by atoms with Crippen LogP contribution in [0.1, 0.15) is 36.9 Å². The van der Waals surface area contributed by atoms with Gasteiger partial charge in [-0.3, -0.25) is 9.59 Å². The average molecular weight is 386 g/mol. The number of rotatable bonds is 4. The highest BCUT2D eigenvalue weighted by Crippen LogP contribution is 2.32. The summed E-state index contributed by atoms with van der Waals surface area (Å²) in [6, 6.07) is 3.51. The first-order chi connectivity index (χ1) is 10.2. The zero-order valence-corrected chi connectivity index (χ0v) is 15.1. The van der Waals surface area contributed by atoms with E-state index >= 15 is 0 Å². The number of aromatic nitrogens is 1. The maximum absolute atomic E-state index is 12.2. The number of fused-ring (bicyclic) bond motifs is 1. The summed E-state index contributed by atoms with van der Waals surface area (Å²) in [5.41, 5.74) is 0.0645. The first-order valence-electron chi connectivity index (χ1n) is 6.59. The number of carbonyl (C=O) groups excluding carboxylic acids is 2. The summed E-state index contributed by atoms with van der Waals surface area (Å²) in [6.45, 7) is 5.30. The van der Waals surface area contributed by atoms with Crippen LogP contribution in [-0.2, 0) is 9.53 Å². The first kappa shape index (κ1) is 16.9. The molecular formula is C15H16BrNO4S. The van der Waals surface area contributed by atoms with Crippen molar-refractivity contribution in [3.8, 4) is 5.88 Å². The van der Waals surface area contributed by atoms with Gasteiger partial charge < -0.3 is 9.47 Å². The normalized spacial score (nSPS) is 11.5. The number of thiophene rings is 1. The lowest BCUT2D eigenvalue weighted by Gasteiger charge is -2.18. The molecule has 0 unspecified atom stereocenters. The number of esters is 1. The van der Waals surface area contributed by atoms with Gasteiger partial charge in [0.1, 0.15) is 12.0 Å². The molecule has 22 heavy (non-hydrogen) atoms. The lowest BCUT2D eigenvalue weighted by molar-refractivity contribution is -0.153. The maximum Gasteiger partial charge on any atom is 0.314 e. The molecule has 0 aliphatic heterocycles. The van der Waals surface area contributed by atoms with E-state index in [0.29, 0.717) is 16.3 Å². The molecule has 2 rings (SSSR count). The molecular weight excluding hydrogens is 370 g/mol. The van der Waals surface area contributed by atoms with Gasteiger partial charge in [0, 0.05) is 0 Å². The predicted octanol–water partition coefficient (Wildman–Crippen LogP) is 3.98. The van der Waals surface area contributed by atoms with Crippen LogP contribution >= 0.6 is 27.3 Å². The zero-order chi connectivity index (χ0) is 16.5. The lowest BCUT2D eigenvalue weighted by Crippen LogP contribution is -2.25. The second-order valence-electron chi connectivity index (χ2n) is 5.66. The molecule has 0 aliphatic rings. The SMILES string of the molecule is COc1nc2cc(C(=O)CC(=O)OC(C)(C)C)sc2cc1Br. The van der Waals surface area contributed by atoms with Gasteiger partial charge in [0.15, 0.2) is 5.78 Å². The molecule has 2 aromatic heterocycles. The van der Waals surface area contributed by atoms with Crippen molar-refractivity contribution >= 4 is 49.2 Å². The second kappa shape index (κ2) is 6.34. The number of ketones is 1. The van der Waals surface area contributed by atoms with Crippen molar-refractivity contribution in [1.29, 1.82) is 0 Å². The molecule has 0 amide bonds. The Hall–Kier alpha value is -1.47. The maximum atomic E-state index is 12.2. The monoisotopic (exact) mass is 385 g/mol. The van der Waals surface area contributed by atoms with E-state index in [2.05, 4.69) is 20.9 Å². The fraction of sp³-hybridized carbons (Fsp3) is 0.400. The van der Waals surface area contributed by atoms with Crippen molar-refractivity contribution in [3.05, 3.63) is 21.5 Å². The standard InChI is InChI=1S/C15H16BrNO4S/c1-15(2,3)21-13(19)7-10(18)12-6-9-11(22-12)5-8(16)14(17-9)20-4/h5-6H,7H2,1-4H3. The number of Topliss-reactive ketones (excluding diaryl/α,β-unsaturated/α-hetero) is 1. The van der Waals surface area contributed by atoms with Crippen LogP contribution in [0.15, 0.2) is 16.6 Å². The Bertz CT molecular complexity index is 733. The van der Waals surface area contributed by atoms with Gasteiger partial charge >= 0.3 is 5.97 Å². The number of halogens is 1. The van der Waals surface area contributed by atoms with E-state index in [9.17, 15) is 9.59 Å². The third-order valence-corrected chi connectivity index (χ3v) is 4.30. The van der Waals surface area contributed by atoms with Crippen LogP contribution < -0.4 is 4.74 Å². The highest BCUT2D eigenvalue weighted by atomic mass is 79.9. The van der Waals surface area contributed by atoms with Gasteiger partial charge in [-0.05, 0) is 48.8 Å². The van der Waals surface area contributed by atoms with Gasteiger partial charge in [-0.1, -0.05) is 0 Å². The van der Waals surface area contributed by atoms with E-state index < -0.39 is 11.6 Å². The Kier molecular flexibility index (Phi) is 4.87. The quantitative estimate of drug-likeness (QED) is 0.452. The van der Waals surface area contributed by atoms with Crippen LogP contribution in [0, 0.1) is 0 Å². The molecule has 0 saturated heterocycles. The summed E-state index contributed by atoms with van der Waals surface area (Å²) >= 11 is 4.65. The minimum absolute atomic E-state index is 0.271. The summed E-state index contributed by atoms with van der Waals surface area (Å²) in [5.74, 6) is -0.342. The molecule has 0 saturated carbocycles. The molecule has 0 bridgehead atoms. The van der Waals surface area contributed by atoms with Gasteiger partial charge in [-0.15, -0.1) is 11.3 Å². The minimum Gasteiger partial charge on any atom is -0.480 e. The van der Waals surface area contributed by atoms with Gasteiger partial charge in [0.25, 0.3) is 0 Å². The molecule has 2 heterocycles. The number of ether oxygens (including phenoxy) is 2. The van der Waals surface area contributed by atoms with Crippen LogP contribution in [0.3, 0.4) is 0 Å². The van der Waals surface area contributed by atoms with E-state index in [1.807, 2.05) is 6.07 Å². The third-order valence-electron chi connectivity index (χ3n) is 2.62. The molecule has 2 aromatic rings. The first-order valence-corrected chi connectivity index (χ1v) is 8.19. The van der Waals surface area contributed by atoms with Crippen LogP contribution in [-0.4, -0.2) is 29.4 Å². The van der Waals surface area contributed by atoms with Gasteiger partial charge in [0.2, 0.25) is 5.88 Å². The van der Waals surface area contributed by atoms with E-state index in [-0.39, 0.29) is 12.2 Å². The van der Waals surface area contributed by atoms with Crippen LogP contribution in [0.5, 0.6) is 5.88 Å². The molecule has 118 valence electrons. The number of nitrogens with zero attached hydrogens (tertiary/aromatic N) is 1. The van der Waals surface area contributed by atoms with Gasteiger partial charge in [-0.25, -0.2) is 4.98 Å². The second-order valence-corrected chi connectivity index (χ2v) is 7.60. The fourth-order valence-corrected chi connectivity index (χ4v) is 3.41. The van der Waals surface area contributed by atoms with Gasteiger partial charge in [0.05, 0.1) is 26.7 Å². The van der Waals surface area contributed by atoms with E-state index in [1.54, 1.807) is 26.8 Å². The molecule has 0 spiro atoms. The molecule has 0 N–H and O–H groups in total. The summed E-state index contributed by atoms with van der Waals surface area (Å²) in [5, 5.41) is 0. The Morgan fingerprint density at radius 2 is 2.00 bits per heavy atom. The van der Waals surface area contributed by atoms with E-state index in [0.717, 1.165) is 9.17 Å². The highest BCUT2D eigenvalue weighted by molar-refractivity contribution is 9.10. The zero-order valence-electron chi connectivity index (χ0n) is 12.7. The topological polar surface area (TPSA) is 65.5 Å². The highest BCUT2D eigenvalue weighted by Gasteiger charge is 2.21. The summed E-state index contributed by atoms with van der Waals surface area (Å²) < 4.78 is 11.9. The van der Waals surface area contributed by atoms with Crippen molar-refractivity contribution in [2.75, 3.05) is 7.11 Å². The fourth-order valence-electron chi connectivity index (χ4n) is 1.80. The Balaban J connectivity index is 2.20. The number of methoxy groups -OCH3 is 1. The predicted molar refractivity (Wildman–Crippen MR) is 88.7 cm³/mol. The lowest BCUT2D eigenvalue weighted by atomic mass is 10.2. The Labute approximate surface area is 140 Å². The third kappa shape index (κ3) is 4.04. The summed E-state index contributed by atoms with van der Waals surface area (Å²) in [7, 11) is 1.53. The van der Waals surface area contributed by atoms with E-state index in [1.165, 1.54) is 18.4 Å². The summed E-state index contributed by atoms with van der Waals surface area (Å²) in [6.07, 6.45) is -0.275.